The van der Waals surface area contributed by atoms with E-state index in [4.69, 9.17) is 14.6 Å². The standard InChI is InChI=1S/C15H16N4O6S/c1-3-24-13(22)11(14(23)25-4-2)26-15-16-17-18-19(15)10-7-5-9(6-8-10)12(20)21/h5-8,11H,3-4H2,1-2H3,(H,20,21). The predicted octanol–water partition coefficient (Wildman–Crippen LogP) is 0.947. The van der Waals surface area contributed by atoms with Gasteiger partial charge in [0.1, 0.15) is 0 Å². The van der Waals surface area contributed by atoms with Gasteiger partial charge in [0, 0.05) is 0 Å². The van der Waals surface area contributed by atoms with Crippen LogP contribution in [0, 0.1) is 0 Å². The maximum atomic E-state index is 12.1. The van der Waals surface area contributed by atoms with Crippen LogP contribution in [-0.4, -0.2) is 61.7 Å². The van der Waals surface area contributed by atoms with Crippen molar-refractivity contribution in [3.63, 3.8) is 0 Å². The number of tetrazole rings is 1. The number of nitrogens with zero attached hydrogens (tertiary/aromatic N) is 4. The summed E-state index contributed by atoms with van der Waals surface area (Å²) in [5.41, 5.74) is 0.570. The molecule has 0 fully saturated rings. The summed E-state index contributed by atoms with van der Waals surface area (Å²) < 4.78 is 11.1. The molecule has 2 rings (SSSR count). The smallest absolute Gasteiger partial charge is 0.335 e. The first-order chi connectivity index (χ1) is 12.5. The Morgan fingerprint density at radius 2 is 1.69 bits per heavy atom. The lowest BCUT2D eigenvalue weighted by atomic mass is 10.2. The van der Waals surface area contributed by atoms with Gasteiger partial charge in [-0.15, -0.1) is 5.10 Å². The van der Waals surface area contributed by atoms with Crippen molar-refractivity contribution >= 4 is 29.7 Å². The third-order valence-electron chi connectivity index (χ3n) is 3.02. The maximum absolute atomic E-state index is 12.1. The van der Waals surface area contributed by atoms with Crippen LogP contribution >= 0.6 is 11.8 Å². The van der Waals surface area contributed by atoms with E-state index < -0.39 is 23.2 Å². The van der Waals surface area contributed by atoms with Crippen LogP contribution in [0.2, 0.25) is 0 Å². The van der Waals surface area contributed by atoms with E-state index in [9.17, 15) is 14.4 Å². The lowest BCUT2D eigenvalue weighted by Crippen LogP contribution is -2.31. The molecule has 1 aromatic carbocycles. The minimum absolute atomic E-state index is 0.104. The largest absolute Gasteiger partial charge is 0.478 e. The van der Waals surface area contributed by atoms with Crippen LogP contribution in [0.15, 0.2) is 29.4 Å². The van der Waals surface area contributed by atoms with Gasteiger partial charge in [-0.05, 0) is 48.5 Å². The van der Waals surface area contributed by atoms with Crippen LogP contribution in [0.4, 0.5) is 0 Å². The number of carbonyl (C=O) groups excluding carboxylic acids is 2. The third kappa shape index (κ3) is 4.57. The van der Waals surface area contributed by atoms with Crippen molar-refractivity contribution < 1.29 is 29.0 Å². The molecule has 1 N–H and O–H groups in total. The molecule has 0 aliphatic heterocycles. The second-order valence-corrected chi connectivity index (χ2v) is 5.80. The van der Waals surface area contributed by atoms with Gasteiger partial charge in [0.25, 0.3) is 0 Å². The van der Waals surface area contributed by atoms with E-state index in [0.717, 1.165) is 11.8 Å². The summed E-state index contributed by atoms with van der Waals surface area (Å²) in [7, 11) is 0. The molecule has 138 valence electrons. The molecule has 0 bridgehead atoms. The number of thioether (sulfide) groups is 1. The third-order valence-corrected chi connectivity index (χ3v) is 4.11. The first-order valence-electron chi connectivity index (χ1n) is 7.60. The first-order valence-corrected chi connectivity index (χ1v) is 8.47. The van der Waals surface area contributed by atoms with Gasteiger partial charge in [-0.3, -0.25) is 9.59 Å². The fourth-order valence-corrected chi connectivity index (χ4v) is 2.76. The van der Waals surface area contributed by atoms with Gasteiger partial charge in [-0.25, -0.2) is 4.79 Å². The number of hydrogen-bond acceptors (Lipinski definition) is 9. The minimum atomic E-state index is -1.28. The fraction of sp³-hybridized carbons (Fsp3) is 0.333. The van der Waals surface area contributed by atoms with Crippen LogP contribution in [0.5, 0.6) is 0 Å². The highest BCUT2D eigenvalue weighted by atomic mass is 32.2. The molecule has 1 aromatic heterocycles. The highest BCUT2D eigenvalue weighted by Gasteiger charge is 2.33. The summed E-state index contributed by atoms with van der Waals surface area (Å²) in [5, 5.41) is 19.0. The van der Waals surface area contributed by atoms with Gasteiger partial charge < -0.3 is 14.6 Å². The normalized spacial score (nSPS) is 10.6. The molecule has 10 nitrogen and oxygen atoms in total. The molecule has 0 radical (unpaired) electrons. The van der Waals surface area contributed by atoms with Crippen molar-refractivity contribution in [2.75, 3.05) is 13.2 Å². The van der Waals surface area contributed by atoms with Gasteiger partial charge in [-0.2, -0.15) is 4.68 Å². The van der Waals surface area contributed by atoms with Crippen LogP contribution in [0.1, 0.15) is 24.2 Å². The molecule has 0 aliphatic carbocycles. The number of ether oxygens (including phenoxy) is 2. The predicted molar refractivity (Wildman–Crippen MR) is 89.0 cm³/mol. The van der Waals surface area contributed by atoms with Gasteiger partial charge in [0.15, 0.2) is 0 Å². The van der Waals surface area contributed by atoms with E-state index in [1.165, 1.54) is 28.9 Å². The van der Waals surface area contributed by atoms with Crippen LogP contribution in [0.25, 0.3) is 5.69 Å². The summed E-state index contributed by atoms with van der Waals surface area (Å²) in [6.45, 7) is 3.46. The zero-order valence-corrected chi connectivity index (χ0v) is 14.8. The monoisotopic (exact) mass is 380 g/mol. The van der Waals surface area contributed by atoms with Crippen molar-refractivity contribution in [2.24, 2.45) is 0 Å². The number of aromatic nitrogens is 4. The van der Waals surface area contributed by atoms with Gasteiger partial charge in [-0.1, -0.05) is 11.8 Å². The molecule has 0 saturated carbocycles. The Kier molecular flexibility index (Phi) is 6.67. The van der Waals surface area contributed by atoms with Gasteiger partial charge in [0.2, 0.25) is 10.4 Å². The number of carboxylic acids is 1. The van der Waals surface area contributed by atoms with Crippen molar-refractivity contribution in [1.29, 1.82) is 0 Å². The van der Waals surface area contributed by atoms with Gasteiger partial charge >= 0.3 is 17.9 Å². The molecule has 1 heterocycles. The van der Waals surface area contributed by atoms with E-state index in [2.05, 4.69) is 15.5 Å². The molecule has 0 atom stereocenters. The number of hydrogen-bond donors (Lipinski definition) is 1. The Balaban J connectivity index is 2.28. The second kappa shape index (κ2) is 8.94. The molecule has 2 aromatic rings. The molecule has 0 amide bonds. The van der Waals surface area contributed by atoms with Crippen LogP contribution < -0.4 is 0 Å². The van der Waals surface area contributed by atoms with E-state index in [1.807, 2.05) is 0 Å². The van der Waals surface area contributed by atoms with Crippen LogP contribution in [-0.2, 0) is 19.1 Å². The molecule has 0 saturated heterocycles. The quantitative estimate of drug-likeness (QED) is 0.401. The van der Waals surface area contributed by atoms with E-state index in [0.29, 0.717) is 5.69 Å². The van der Waals surface area contributed by atoms with E-state index >= 15 is 0 Å². The second-order valence-electron chi connectivity index (χ2n) is 4.73. The molecule has 0 aliphatic rings. The first kappa shape index (κ1) is 19.4. The van der Waals surface area contributed by atoms with Crippen molar-refractivity contribution in [1.82, 2.24) is 20.2 Å². The summed E-state index contributed by atoms with van der Waals surface area (Å²) in [4.78, 5) is 35.1. The number of rotatable bonds is 8. The topological polar surface area (TPSA) is 134 Å². The number of esters is 2. The number of carbonyl (C=O) groups is 3. The molecule has 0 unspecified atom stereocenters. The Morgan fingerprint density at radius 1 is 1.12 bits per heavy atom. The average molecular weight is 380 g/mol. The zero-order chi connectivity index (χ0) is 19.1. The lowest BCUT2D eigenvalue weighted by molar-refractivity contribution is -0.152. The number of benzene rings is 1. The minimum Gasteiger partial charge on any atom is -0.478 e. The zero-order valence-electron chi connectivity index (χ0n) is 14.0. The average Bonchev–Trinajstić information content (AvgIpc) is 3.08. The summed E-state index contributed by atoms with van der Waals surface area (Å²) in [5.74, 6) is -2.58. The molecular weight excluding hydrogens is 364 g/mol. The fourth-order valence-electron chi connectivity index (χ4n) is 1.89. The van der Waals surface area contributed by atoms with E-state index in [1.54, 1.807) is 13.8 Å². The maximum Gasteiger partial charge on any atom is 0.335 e. The molecule has 0 spiro atoms. The SMILES string of the molecule is CCOC(=O)C(Sc1nnnn1-c1ccc(C(=O)O)cc1)C(=O)OCC. The van der Waals surface area contributed by atoms with Crippen molar-refractivity contribution in [3.05, 3.63) is 29.8 Å². The molecular formula is C15H16N4O6S. The lowest BCUT2D eigenvalue weighted by Gasteiger charge is -2.13. The van der Waals surface area contributed by atoms with Crippen LogP contribution in [0.3, 0.4) is 0 Å². The summed E-state index contributed by atoms with van der Waals surface area (Å²) >= 11 is 0.785. The van der Waals surface area contributed by atoms with Crippen molar-refractivity contribution in [2.45, 2.75) is 24.3 Å². The Hall–Kier alpha value is -2.95. The highest BCUT2D eigenvalue weighted by molar-refractivity contribution is 8.01. The molecule has 26 heavy (non-hydrogen) atoms. The van der Waals surface area contributed by atoms with Crippen molar-refractivity contribution in [3.8, 4) is 5.69 Å². The number of aromatic carboxylic acids is 1. The number of carboxylic acid groups (broad SMARTS) is 1. The van der Waals surface area contributed by atoms with E-state index in [-0.39, 0.29) is 23.9 Å². The summed E-state index contributed by atoms with van der Waals surface area (Å²) in [6, 6.07) is 5.80. The molecule has 11 heteroatoms. The summed E-state index contributed by atoms with van der Waals surface area (Å²) in [6.07, 6.45) is 0. The Morgan fingerprint density at radius 3 is 2.19 bits per heavy atom. The Labute approximate surface area is 152 Å². The Bertz CT molecular complexity index is 774. The van der Waals surface area contributed by atoms with Gasteiger partial charge in [0.05, 0.1) is 24.5 Å². The highest BCUT2D eigenvalue weighted by Crippen LogP contribution is 2.25.